The van der Waals surface area contributed by atoms with E-state index in [0.717, 1.165) is 26.6 Å². The zero-order valence-electron chi connectivity index (χ0n) is 10.5. The maximum Gasteiger partial charge on any atom is 0.261 e. The second-order valence-corrected chi connectivity index (χ2v) is 5.51. The van der Waals surface area contributed by atoms with Crippen LogP contribution in [-0.2, 0) is 6.54 Å². The van der Waals surface area contributed by atoms with Crippen molar-refractivity contribution >= 4 is 22.9 Å². The van der Waals surface area contributed by atoms with E-state index in [1.807, 2.05) is 44.2 Å². The Morgan fingerprint density at radius 2 is 2.06 bits per heavy atom. The number of anilines is 1. The second-order valence-electron chi connectivity index (χ2n) is 4.22. The van der Waals surface area contributed by atoms with E-state index < -0.39 is 0 Å². The first-order valence-corrected chi connectivity index (χ1v) is 6.58. The van der Waals surface area contributed by atoms with Gasteiger partial charge in [-0.1, -0.05) is 12.1 Å². The fraction of sp³-hybridized carbons (Fsp3) is 0.214. The molecule has 0 aliphatic rings. The van der Waals surface area contributed by atoms with E-state index in [9.17, 15) is 4.79 Å². The molecule has 0 aliphatic heterocycles. The highest BCUT2D eigenvalue weighted by atomic mass is 32.1. The molecule has 1 amide bonds. The average Bonchev–Trinajstić information content (AvgIpc) is 2.77. The highest BCUT2D eigenvalue weighted by molar-refractivity contribution is 7.13. The molecule has 0 radical (unpaired) electrons. The standard InChI is InChI=1S/C14H16N2OS/c1-9-6-7-13(18-9)14(17)16-8-11-4-3-5-12(15)10(11)2/h3-7H,8,15H2,1-2H3,(H,16,17). The topological polar surface area (TPSA) is 55.1 Å². The van der Waals surface area contributed by atoms with Crippen molar-refractivity contribution in [1.82, 2.24) is 5.32 Å². The third-order valence-corrected chi connectivity index (χ3v) is 3.89. The molecule has 94 valence electrons. The van der Waals surface area contributed by atoms with Gasteiger partial charge in [-0.25, -0.2) is 0 Å². The molecule has 1 heterocycles. The summed E-state index contributed by atoms with van der Waals surface area (Å²) in [6.45, 7) is 4.46. The summed E-state index contributed by atoms with van der Waals surface area (Å²) in [5.74, 6) is -0.0325. The Balaban J connectivity index is 2.04. The Labute approximate surface area is 111 Å². The van der Waals surface area contributed by atoms with E-state index in [1.165, 1.54) is 11.3 Å². The maximum atomic E-state index is 11.9. The summed E-state index contributed by atoms with van der Waals surface area (Å²) in [6, 6.07) is 9.54. The first kappa shape index (κ1) is 12.6. The Hall–Kier alpha value is -1.81. The van der Waals surface area contributed by atoms with Crippen molar-refractivity contribution in [3.05, 3.63) is 51.2 Å². The molecule has 2 rings (SSSR count). The van der Waals surface area contributed by atoms with Crippen molar-refractivity contribution in [2.75, 3.05) is 5.73 Å². The van der Waals surface area contributed by atoms with Gasteiger partial charge in [-0.05, 0) is 43.2 Å². The number of nitrogens with two attached hydrogens (primary N) is 1. The van der Waals surface area contributed by atoms with Crippen LogP contribution in [0.4, 0.5) is 5.69 Å². The van der Waals surface area contributed by atoms with E-state index in [2.05, 4.69) is 5.32 Å². The lowest BCUT2D eigenvalue weighted by molar-refractivity contribution is 0.0955. The second kappa shape index (κ2) is 5.23. The van der Waals surface area contributed by atoms with E-state index in [1.54, 1.807) is 0 Å². The van der Waals surface area contributed by atoms with E-state index >= 15 is 0 Å². The molecule has 0 aliphatic carbocycles. The fourth-order valence-electron chi connectivity index (χ4n) is 1.71. The summed E-state index contributed by atoms with van der Waals surface area (Å²) in [7, 11) is 0. The number of hydrogen-bond donors (Lipinski definition) is 2. The molecule has 0 bridgehead atoms. The zero-order valence-corrected chi connectivity index (χ0v) is 11.3. The summed E-state index contributed by atoms with van der Waals surface area (Å²) < 4.78 is 0. The van der Waals surface area contributed by atoms with Crippen molar-refractivity contribution in [3.63, 3.8) is 0 Å². The number of nitrogens with one attached hydrogen (secondary N) is 1. The van der Waals surface area contributed by atoms with Crippen molar-refractivity contribution in [3.8, 4) is 0 Å². The molecule has 3 nitrogen and oxygen atoms in total. The number of hydrogen-bond acceptors (Lipinski definition) is 3. The molecule has 1 aromatic carbocycles. The van der Waals surface area contributed by atoms with Crippen LogP contribution in [-0.4, -0.2) is 5.91 Å². The van der Waals surface area contributed by atoms with Crippen molar-refractivity contribution in [1.29, 1.82) is 0 Å². The molecule has 0 atom stereocenters. The minimum absolute atomic E-state index is 0.0325. The molecule has 0 saturated heterocycles. The molecule has 4 heteroatoms. The lowest BCUT2D eigenvalue weighted by atomic mass is 10.1. The fourth-order valence-corrected chi connectivity index (χ4v) is 2.50. The van der Waals surface area contributed by atoms with Gasteiger partial charge in [0.2, 0.25) is 0 Å². The van der Waals surface area contributed by atoms with Gasteiger partial charge in [-0.3, -0.25) is 4.79 Å². The molecule has 0 unspecified atom stereocenters. The summed E-state index contributed by atoms with van der Waals surface area (Å²) in [6.07, 6.45) is 0. The lowest BCUT2D eigenvalue weighted by Crippen LogP contribution is -2.22. The highest BCUT2D eigenvalue weighted by Gasteiger charge is 2.08. The summed E-state index contributed by atoms with van der Waals surface area (Å²) >= 11 is 1.50. The predicted molar refractivity (Wildman–Crippen MR) is 75.8 cm³/mol. The van der Waals surface area contributed by atoms with Crippen molar-refractivity contribution in [2.45, 2.75) is 20.4 Å². The molecule has 18 heavy (non-hydrogen) atoms. The van der Waals surface area contributed by atoms with Crippen LogP contribution in [0.2, 0.25) is 0 Å². The van der Waals surface area contributed by atoms with Gasteiger partial charge >= 0.3 is 0 Å². The van der Waals surface area contributed by atoms with Crippen LogP contribution in [0.3, 0.4) is 0 Å². The van der Waals surface area contributed by atoms with Crippen LogP contribution in [0.1, 0.15) is 25.7 Å². The zero-order chi connectivity index (χ0) is 13.1. The molecular formula is C14H16N2OS. The van der Waals surface area contributed by atoms with Gasteiger partial charge in [0.1, 0.15) is 0 Å². The minimum Gasteiger partial charge on any atom is -0.399 e. The minimum atomic E-state index is -0.0325. The molecule has 0 saturated carbocycles. The van der Waals surface area contributed by atoms with Gasteiger partial charge < -0.3 is 11.1 Å². The quantitative estimate of drug-likeness (QED) is 0.834. The monoisotopic (exact) mass is 260 g/mol. The first-order chi connectivity index (χ1) is 8.58. The van der Waals surface area contributed by atoms with E-state index in [0.29, 0.717) is 6.54 Å². The van der Waals surface area contributed by atoms with E-state index in [4.69, 9.17) is 5.73 Å². The third kappa shape index (κ3) is 2.71. The normalized spacial score (nSPS) is 10.3. The Bertz CT molecular complexity index is 575. The molecule has 0 fully saturated rings. The van der Waals surface area contributed by atoms with Gasteiger partial charge in [0.25, 0.3) is 5.91 Å². The van der Waals surface area contributed by atoms with Gasteiger partial charge in [-0.15, -0.1) is 11.3 Å². The summed E-state index contributed by atoms with van der Waals surface area (Å²) in [5.41, 5.74) is 8.67. The number of rotatable bonds is 3. The molecule has 2 aromatic rings. The van der Waals surface area contributed by atoms with Gasteiger partial charge in [0.15, 0.2) is 0 Å². The SMILES string of the molecule is Cc1ccc(C(=O)NCc2cccc(N)c2C)s1. The van der Waals surface area contributed by atoms with Gasteiger partial charge in [-0.2, -0.15) is 0 Å². The number of carbonyl (C=O) groups is 1. The average molecular weight is 260 g/mol. The van der Waals surface area contributed by atoms with Crippen LogP contribution >= 0.6 is 11.3 Å². The number of carbonyl (C=O) groups excluding carboxylic acids is 1. The van der Waals surface area contributed by atoms with Crippen LogP contribution in [0.15, 0.2) is 30.3 Å². The van der Waals surface area contributed by atoms with Crippen molar-refractivity contribution < 1.29 is 4.79 Å². The predicted octanol–water partition coefficient (Wildman–Crippen LogP) is 2.88. The molecule has 3 N–H and O–H groups in total. The molecular weight excluding hydrogens is 244 g/mol. The Morgan fingerprint density at radius 3 is 2.72 bits per heavy atom. The Morgan fingerprint density at radius 1 is 1.28 bits per heavy atom. The third-order valence-electron chi connectivity index (χ3n) is 2.89. The van der Waals surface area contributed by atoms with Crippen molar-refractivity contribution in [2.24, 2.45) is 0 Å². The molecule has 1 aromatic heterocycles. The largest absolute Gasteiger partial charge is 0.399 e. The summed E-state index contributed by atoms with van der Waals surface area (Å²) in [4.78, 5) is 13.8. The maximum absolute atomic E-state index is 11.9. The highest BCUT2D eigenvalue weighted by Crippen LogP contribution is 2.17. The van der Waals surface area contributed by atoms with Crippen LogP contribution in [0, 0.1) is 13.8 Å². The Kier molecular flexibility index (Phi) is 3.67. The number of aryl methyl sites for hydroxylation is 1. The van der Waals surface area contributed by atoms with Crippen LogP contribution < -0.4 is 11.1 Å². The van der Waals surface area contributed by atoms with E-state index in [-0.39, 0.29) is 5.91 Å². The van der Waals surface area contributed by atoms with Crippen LogP contribution in [0.25, 0.3) is 0 Å². The number of nitrogen functional groups attached to an aromatic ring is 1. The van der Waals surface area contributed by atoms with Gasteiger partial charge in [0, 0.05) is 17.1 Å². The first-order valence-electron chi connectivity index (χ1n) is 5.76. The summed E-state index contributed by atoms with van der Waals surface area (Å²) in [5, 5.41) is 2.91. The van der Waals surface area contributed by atoms with Gasteiger partial charge in [0.05, 0.1) is 4.88 Å². The molecule has 0 spiro atoms. The smallest absolute Gasteiger partial charge is 0.261 e. The van der Waals surface area contributed by atoms with Crippen LogP contribution in [0.5, 0.6) is 0 Å². The number of thiophene rings is 1. The lowest BCUT2D eigenvalue weighted by Gasteiger charge is -2.09. The number of benzene rings is 1. The number of amides is 1.